The van der Waals surface area contributed by atoms with Gasteiger partial charge >= 0.3 is 0 Å². The molecule has 2 amide bonds. The van der Waals surface area contributed by atoms with Gasteiger partial charge < -0.3 is 10.6 Å². The number of rotatable bonds is 6. The molecule has 0 saturated carbocycles. The summed E-state index contributed by atoms with van der Waals surface area (Å²) >= 11 is 1.46. The number of thiazole rings is 1. The molecule has 188 valence electrons. The second-order valence-corrected chi connectivity index (χ2v) is 9.94. The summed E-state index contributed by atoms with van der Waals surface area (Å²) in [5.74, 6) is -0.259. The average Bonchev–Trinajstić information content (AvgIpc) is 3.51. The zero-order valence-electron chi connectivity index (χ0n) is 20.5. The number of nitrogens with zero attached hydrogens (tertiary/aromatic N) is 5. The van der Waals surface area contributed by atoms with Crippen LogP contribution in [0.5, 0.6) is 0 Å². The fraction of sp³-hybridized carbons (Fsp3) is 0.143. The molecule has 0 atom stereocenters. The van der Waals surface area contributed by atoms with Crippen LogP contribution in [0.25, 0.3) is 27.5 Å². The first-order valence-electron chi connectivity index (χ1n) is 12.1. The van der Waals surface area contributed by atoms with Crippen molar-refractivity contribution in [2.75, 3.05) is 10.6 Å². The fourth-order valence-corrected chi connectivity index (χ4v) is 5.69. The van der Waals surface area contributed by atoms with E-state index in [9.17, 15) is 9.59 Å². The van der Waals surface area contributed by atoms with Gasteiger partial charge in [-0.2, -0.15) is 5.10 Å². The fourth-order valence-electron chi connectivity index (χ4n) is 4.58. The zero-order chi connectivity index (χ0) is 26.1. The Labute approximate surface area is 222 Å². The van der Waals surface area contributed by atoms with Crippen LogP contribution in [0.3, 0.4) is 0 Å². The largest absolute Gasteiger partial charge is 0.324 e. The molecule has 0 aliphatic heterocycles. The number of aryl methyl sites for hydroxylation is 1. The molecule has 1 aromatic carbocycles. The lowest BCUT2D eigenvalue weighted by atomic mass is 9.95. The Bertz CT molecular complexity index is 1630. The monoisotopic (exact) mass is 521 g/mol. The summed E-state index contributed by atoms with van der Waals surface area (Å²) in [6.07, 6.45) is 8.64. The molecule has 6 rings (SSSR count). The van der Waals surface area contributed by atoms with Gasteiger partial charge in [0.25, 0.3) is 0 Å². The summed E-state index contributed by atoms with van der Waals surface area (Å²) in [5, 5.41) is 11.3. The molecule has 0 fully saturated rings. The number of hydrogen-bond acceptors (Lipinski definition) is 7. The van der Waals surface area contributed by atoms with Crippen molar-refractivity contribution in [3.05, 3.63) is 90.1 Å². The Balaban J connectivity index is 1.36. The molecule has 5 aromatic rings. The number of amides is 2. The number of nitrogens with one attached hydrogen (secondary N) is 2. The lowest BCUT2D eigenvalue weighted by molar-refractivity contribution is -0.116. The SMILES string of the molecule is CC(=O)Nc1nc2c(s1)-c1c(c(-c3cccnc3)nn1-c1ccc(CC(=O)Nc3cccnc3)cc1)CC2. The van der Waals surface area contributed by atoms with Crippen LogP contribution in [0.4, 0.5) is 10.8 Å². The van der Waals surface area contributed by atoms with Crippen molar-refractivity contribution < 1.29 is 9.59 Å². The number of anilines is 2. The summed E-state index contributed by atoms with van der Waals surface area (Å²) in [6.45, 7) is 1.48. The van der Waals surface area contributed by atoms with E-state index in [2.05, 4.69) is 25.6 Å². The predicted molar refractivity (Wildman–Crippen MR) is 146 cm³/mol. The van der Waals surface area contributed by atoms with Gasteiger partial charge in [-0.1, -0.05) is 23.5 Å². The third kappa shape index (κ3) is 4.69. The molecule has 9 nitrogen and oxygen atoms in total. The quantitative estimate of drug-likeness (QED) is 0.335. The highest BCUT2D eigenvalue weighted by molar-refractivity contribution is 7.19. The predicted octanol–water partition coefficient (Wildman–Crippen LogP) is 4.69. The highest BCUT2D eigenvalue weighted by Crippen LogP contribution is 2.44. The Hall–Kier alpha value is -4.70. The van der Waals surface area contributed by atoms with Crippen LogP contribution in [-0.2, 0) is 28.9 Å². The van der Waals surface area contributed by atoms with Crippen LogP contribution in [0, 0.1) is 0 Å². The molecule has 4 heterocycles. The molecule has 0 saturated heterocycles. The van der Waals surface area contributed by atoms with Crippen LogP contribution < -0.4 is 10.6 Å². The van der Waals surface area contributed by atoms with Gasteiger partial charge in [-0.15, -0.1) is 0 Å². The van der Waals surface area contributed by atoms with Gasteiger partial charge in [0, 0.05) is 36.6 Å². The van der Waals surface area contributed by atoms with Crippen molar-refractivity contribution in [2.24, 2.45) is 0 Å². The van der Waals surface area contributed by atoms with E-state index < -0.39 is 0 Å². The first-order chi connectivity index (χ1) is 18.5. The smallest absolute Gasteiger partial charge is 0.228 e. The van der Waals surface area contributed by atoms with E-state index >= 15 is 0 Å². The standard InChI is InChI=1S/C28H23N7O2S/c1-17(36)31-28-33-23-11-10-22-25(19-4-2-12-29-15-19)34-35(26(22)27(23)38-28)21-8-6-18(7-9-21)14-24(37)32-20-5-3-13-30-16-20/h2-9,12-13,15-16H,10-11,14H2,1H3,(H,32,37)(H,31,33,36). The maximum atomic E-state index is 12.5. The molecular formula is C28H23N7O2S. The molecule has 10 heteroatoms. The minimum Gasteiger partial charge on any atom is -0.324 e. The number of benzene rings is 1. The van der Waals surface area contributed by atoms with E-state index in [4.69, 9.17) is 5.10 Å². The summed E-state index contributed by atoms with van der Waals surface area (Å²) < 4.78 is 1.94. The molecule has 2 N–H and O–H groups in total. The van der Waals surface area contributed by atoms with Crippen molar-refractivity contribution in [3.63, 3.8) is 0 Å². The minimum absolute atomic E-state index is 0.110. The second kappa shape index (κ2) is 9.98. The first-order valence-corrected chi connectivity index (χ1v) is 13.0. The number of fused-ring (bicyclic) bond motifs is 3. The summed E-state index contributed by atoms with van der Waals surface area (Å²) in [4.78, 5) is 38.2. The minimum atomic E-state index is -0.149. The van der Waals surface area contributed by atoms with Crippen LogP contribution in [-0.4, -0.2) is 36.5 Å². The Kier molecular flexibility index (Phi) is 6.22. The summed E-state index contributed by atoms with van der Waals surface area (Å²) in [6, 6.07) is 15.3. The molecule has 0 radical (unpaired) electrons. The third-order valence-corrected chi connectivity index (χ3v) is 7.24. The second-order valence-electron chi connectivity index (χ2n) is 8.94. The molecule has 0 spiro atoms. The number of hydrogen-bond donors (Lipinski definition) is 2. The van der Waals surface area contributed by atoms with Crippen LogP contribution in [0.2, 0.25) is 0 Å². The highest BCUT2D eigenvalue weighted by Gasteiger charge is 2.30. The van der Waals surface area contributed by atoms with Crippen LogP contribution in [0.15, 0.2) is 73.3 Å². The van der Waals surface area contributed by atoms with E-state index in [-0.39, 0.29) is 18.2 Å². The van der Waals surface area contributed by atoms with Crippen molar-refractivity contribution >= 4 is 34.0 Å². The van der Waals surface area contributed by atoms with Crippen LogP contribution in [0.1, 0.15) is 23.7 Å². The molecule has 4 aromatic heterocycles. The van der Waals surface area contributed by atoms with E-state index in [1.165, 1.54) is 18.3 Å². The van der Waals surface area contributed by atoms with E-state index in [0.717, 1.165) is 57.2 Å². The van der Waals surface area contributed by atoms with Crippen molar-refractivity contribution in [1.29, 1.82) is 0 Å². The molecule has 1 aliphatic carbocycles. The van der Waals surface area contributed by atoms with Gasteiger partial charge in [0.1, 0.15) is 0 Å². The lowest BCUT2D eigenvalue weighted by Crippen LogP contribution is -2.14. The first kappa shape index (κ1) is 23.7. The van der Waals surface area contributed by atoms with Gasteiger partial charge in [0.15, 0.2) is 5.13 Å². The summed E-state index contributed by atoms with van der Waals surface area (Å²) in [5.41, 5.74) is 7.30. The number of aromatic nitrogens is 5. The molecule has 1 aliphatic rings. The normalized spacial score (nSPS) is 11.9. The van der Waals surface area contributed by atoms with Gasteiger partial charge in [-0.25, -0.2) is 9.67 Å². The van der Waals surface area contributed by atoms with Crippen molar-refractivity contribution in [3.8, 4) is 27.5 Å². The zero-order valence-corrected chi connectivity index (χ0v) is 21.3. The third-order valence-electron chi connectivity index (χ3n) is 6.22. The summed E-state index contributed by atoms with van der Waals surface area (Å²) in [7, 11) is 0. The molecule has 0 unspecified atom stereocenters. The van der Waals surface area contributed by atoms with Gasteiger partial charge in [0.2, 0.25) is 11.8 Å². The maximum Gasteiger partial charge on any atom is 0.228 e. The lowest BCUT2D eigenvalue weighted by Gasteiger charge is -2.14. The van der Waals surface area contributed by atoms with Crippen molar-refractivity contribution in [1.82, 2.24) is 24.7 Å². The van der Waals surface area contributed by atoms with Crippen LogP contribution >= 0.6 is 11.3 Å². The highest BCUT2D eigenvalue weighted by atomic mass is 32.1. The maximum absolute atomic E-state index is 12.5. The van der Waals surface area contributed by atoms with Gasteiger partial charge in [-0.05, 0) is 54.8 Å². The Morgan fingerprint density at radius 2 is 1.76 bits per heavy atom. The van der Waals surface area contributed by atoms with E-state index in [1.54, 1.807) is 30.7 Å². The van der Waals surface area contributed by atoms with Gasteiger partial charge in [-0.3, -0.25) is 19.6 Å². The topological polar surface area (TPSA) is 115 Å². The van der Waals surface area contributed by atoms with E-state index in [1.807, 2.05) is 47.3 Å². The Morgan fingerprint density at radius 1 is 0.974 bits per heavy atom. The number of carbonyl (C=O) groups excluding carboxylic acids is 2. The molecular weight excluding hydrogens is 498 g/mol. The Morgan fingerprint density at radius 3 is 2.47 bits per heavy atom. The number of carbonyl (C=O) groups is 2. The van der Waals surface area contributed by atoms with Gasteiger partial charge in [0.05, 0.1) is 46.0 Å². The average molecular weight is 522 g/mol. The van der Waals surface area contributed by atoms with Crippen molar-refractivity contribution in [2.45, 2.75) is 26.2 Å². The number of pyridine rings is 2. The molecule has 38 heavy (non-hydrogen) atoms. The van der Waals surface area contributed by atoms with E-state index in [0.29, 0.717) is 10.8 Å². The molecule has 0 bridgehead atoms.